The molecule has 0 fully saturated rings. The van der Waals surface area contributed by atoms with Crippen LogP contribution in [0.25, 0.3) is 0 Å². The molecule has 3 rings (SSSR count). The lowest BCUT2D eigenvalue weighted by Crippen LogP contribution is -2.41. The predicted molar refractivity (Wildman–Crippen MR) is 107 cm³/mol. The Labute approximate surface area is 163 Å². The van der Waals surface area contributed by atoms with Crippen LogP contribution in [0.4, 0.5) is 0 Å². The van der Waals surface area contributed by atoms with Gasteiger partial charge in [0.25, 0.3) is 0 Å². The van der Waals surface area contributed by atoms with E-state index >= 15 is 0 Å². The van der Waals surface area contributed by atoms with E-state index in [2.05, 4.69) is 26.7 Å². The summed E-state index contributed by atoms with van der Waals surface area (Å²) in [5.74, 6) is 1.72. The largest absolute Gasteiger partial charge is 0.488 e. The zero-order chi connectivity index (χ0) is 16.1. The Morgan fingerprint density at radius 2 is 2.12 bits per heavy atom. The van der Waals surface area contributed by atoms with Crippen LogP contribution in [0.3, 0.4) is 0 Å². The number of benzene rings is 1. The van der Waals surface area contributed by atoms with E-state index < -0.39 is 0 Å². The molecule has 1 aromatic carbocycles. The van der Waals surface area contributed by atoms with E-state index in [4.69, 9.17) is 16.3 Å². The summed E-state index contributed by atoms with van der Waals surface area (Å²) in [6.07, 6.45) is 2.80. The second kappa shape index (κ2) is 9.08. The number of guanidine groups is 1. The molecule has 7 heteroatoms. The van der Waals surface area contributed by atoms with E-state index in [-0.39, 0.29) is 30.1 Å². The van der Waals surface area contributed by atoms with Crippen molar-refractivity contribution in [2.75, 3.05) is 13.6 Å². The van der Waals surface area contributed by atoms with Crippen LogP contribution in [0.1, 0.15) is 11.1 Å². The van der Waals surface area contributed by atoms with Gasteiger partial charge in [-0.15, -0.1) is 24.0 Å². The molecule has 1 unspecified atom stereocenters. The van der Waals surface area contributed by atoms with Crippen molar-refractivity contribution in [2.24, 2.45) is 4.99 Å². The second-order valence-electron chi connectivity index (χ2n) is 5.35. The fraction of sp³-hybridized carbons (Fsp3) is 0.294. The van der Waals surface area contributed by atoms with E-state index in [9.17, 15) is 0 Å². The molecule has 0 saturated heterocycles. The number of halogens is 2. The first-order valence-corrected chi connectivity index (χ1v) is 7.92. The average Bonchev–Trinajstić information content (AvgIpc) is 2.99. The Hall–Kier alpha value is -1.54. The summed E-state index contributed by atoms with van der Waals surface area (Å²) >= 11 is 5.78. The Bertz CT molecular complexity index is 668. The number of nitrogens with zero attached hydrogens (tertiary/aromatic N) is 2. The number of nitrogens with one attached hydrogen (secondary N) is 2. The van der Waals surface area contributed by atoms with Crippen molar-refractivity contribution in [3.8, 4) is 5.75 Å². The van der Waals surface area contributed by atoms with Crippen molar-refractivity contribution in [1.82, 2.24) is 15.6 Å². The molecule has 24 heavy (non-hydrogen) atoms. The topological polar surface area (TPSA) is 58.5 Å². The summed E-state index contributed by atoms with van der Waals surface area (Å²) in [5, 5.41) is 7.04. The summed E-state index contributed by atoms with van der Waals surface area (Å²) in [6, 6.07) is 11.9. The van der Waals surface area contributed by atoms with Gasteiger partial charge in [-0.2, -0.15) is 0 Å². The molecular formula is C17H20ClIN4O. The highest BCUT2D eigenvalue weighted by atomic mass is 127. The minimum Gasteiger partial charge on any atom is -0.488 e. The van der Waals surface area contributed by atoms with Crippen LogP contribution in [-0.2, 0) is 13.0 Å². The van der Waals surface area contributed by atoms with Crippen molar-refractivity contribution >= 4 is 41.5 Å². The first-order valence-electron chi connectivity index (χ1n) is 7.54. The molecule has 1 aromatic heterocycles. The normalized spacial score (nSPS) is 15.9. The molecule has 0 radical (unpaired) electrons. The van der Waals surface area contributed by atoms with E-state index in [1.54, 1.807) is 19.3 Å². The molecule has 0 aliphatic carbocycles. The van der Waals surface area contributed by atoms with Crippen LogP contribution in [0, 0.1) is 0 Å². The molecule has 1 aliphatic rings. The number of rotatable bonds is 4. The molecule has 0 spiro atoms. The Morgan fingerprint density at radius 1 is 1.29 bits per heavy atom. The summed E-state index contributed by atoms with van der Waals surface area (Å²) < 4.78 is 5.91. The number of para-hydroxylation sites is 1. The van der Waals surface area contributed by atoms with Crippen molar-refractivity contribution < 1.29 is 4.74 Å². The average molecular weight is 459 g/mol. The number of aliphatic imine (C=N–C) groups is 1. The van der Waals surface area contributed by atoms with Crippen LogP contribution in [0.2, 0.25) is 5.15 Å². The van der Waals surface area contributed by atoms with Crippen LogP contribution < -0.4 is 15.4 Å². The minimum atomic E-state index is 0. The maximum absolute atomic E-state index is 5.91. The van der Waals surface area contributed by atoms with Crippen molar-refractivity contribution in [3.63, 3.8) is 0 Å². The molecule has 5 nitrogen and oxygen atoms in total. The third-order valence-electron chi connectivity index (χ3n) is 3.68. The molecule has 128 valence electrons. The van der Waals surface area contributed by atoms with Crippen LogP contribution in [0.15, 0.2) is 47.6 Å². The maximum Gasteiger partial charge on any atom is 0.191 e. The van der Waals surface area contributed by atoms with Gasteiger partial charge in [-0.05, 0) is 23.3 Å². The molecule has 2 heterocycles. The fourth-order valence-corrected chi connectivity index (χ4v) is 2.61. The molecule has 0 amide bonds. The van der Waals surface area contributed by atoms with Gasteiger partial charge >= 0.3 is 0 Å². The molecule has 1 atom stereocenters. The number of fused-ring (bicyclic) bond motifs is 1. The number of hydrogen-bond acceptors (Lipinski definition) is 3. The molecule has 2 aromatic rings. The third kappa shape index (κ3) is 4.98. The van der Waals surface area contributed by atoms with Crippen LogP contribution in [0.5, 0.6) is 5.75 Å². The van der Waals surface area contributed by atoms with Gasteiger partial charge in [0.15, 0.2) is 5.96 Å². The molecule has 1 aliphatic heterocycles. The highest BCUT2D eigenvalue weighted by molar-refractivity contribution is 14.0. The lowest BCUT2D eigenvalue weighted by atomic mass is 10.1. The molecular weight excluding hydrogens is 439 g/mol. The van der Waals surface area contributed by atoms with E-state index in [0.29, 0.717) is 18.2 Å². The molecule has 0 bridgehead atoms. The van der Waals surface area contributed by atoms with Crippen LogP contribution >= 0.6 is 35.6 Å². The van der Waals surface area contributed by atoms with E-state index in [0.717, 1.165) is 23.7 Å². The third-order valence-corrected chi connectivity index (χ3v) is 3.91. The highest BCUT2D eigenvalue weighted by Gasteiger charge is 2.22. The van der Waals surface area contributed by atoms with Gasteiger partial charge in [-0.3, -0.25) is 4.99 Å². The standard InChI is InChI=1S/C17H19ClN4O.HI/c1-19-17(21-10-12-6-7-16(18)20-9-12)22-11-14-8-13-4-2-3-5-15(13)23-14;/h2-7,9,14H,8,10-11H2,1H3,(H2,19,21,22);1H. The van der Waals surface area contributed by atoms with Gasteiger partial charge in [0.2, 0.25) is 0 Å². The maximum atomic E-state index is 5.91. The zero-order valence-electron chi connectivity index (χ0n) is 13.3. The summed E-state index contributed by atoms with van der Waals surface area (Å²) in [4.78, 5) is 8.28. The number of aromatic nitrogens is 1. The quantitative estimate of drug-likeness (QED) is 0.320. The van der Waals surface area contributed by atoms with Crippen molar-refractivity contribution in [2.45, 2.75) is 19.1 Å². The molecule has 2 N–H and O–H groups in total. The predicted octanol–water partition coefficient (Wildman–Crippen LogP) is 3.02. The smallest absolute Gasteiger partial charge is 0.191 e. The number of hydrogen-bond donors (Lipinski definition) is 2. The Kier molecular flexibility index (Phi) is 7.11. The first kappa shape index (κ1) is 18.8. The number of pyridine rings is 1. The summed E-state index contributed by atoms with van der Waals surface area (Å²) in [6.45, 7) is 1.34. The summed E-state index contributed by atoms with van der Waals surface area (Å²) in [7, 11) is 1.75. The monoisotopic (exact) mass is 458 g/mol. The highest BCUT2D eigenvalue weighted by Crippen LogP contribution is 2.27. The molecule has 0 saturated carbocycles. The first-order chi connectivity index (χ1) is 11.2. The Balaban J connectivity index is 0.00000208. The van der Waals surface area contributed by atoms with E-state index in [1.165, 1.54) is 5.56 Å². The summed E-state index contributed by atoms with van der Waals surface area (Å²) in [5.41, 5.74) is 2.30. The van der Waals surface area contributed by atoms with Gasteiger partial charge in [0.1, 0.15) is 17.0 Å². The van der Waals surface area contributed by atoms with Gasteiger partial charge in [-0.1, -0.05) is 35.9 Å². The van der Waals surface area contributed by atoms with Gasteiger partial charge in [0, 0.05) is 26.2 Å². The van der Waals surface area contributed by atoms with E-state index in [1.807, 2.05) is 24.3 Å². The van der Waals surface area contributed by atoms with Gasteiger partial charge in [0.05, 0.1) is 6.54 Å². The zero-order valence-corrected chi connectivity index (χ0v) is 16.4. The fourth-order valence-electron chi connectivity index (χ4n) is 2.50. The lowest BCUT2D eigenvalue weighted by Gasteiger charge is -2.15. The van der Waals surface area contributed by atoms with Crippen LogP contribution in [-0.4, -0.2) is 30.6 Å². The second-order valence-corrected chi connectivity index (χ2v) is 5.73. The van der Waals surface area contributed by atoms with Gasteiger partial charge < -0.3 is 15.4 Å². The van der Waals surface area contributed by atoms with Crippen molar-refractivity contribution in [1.29, 1.82) is 0 Å². The Morgan fingerprint density at radius 3 is 2.83 bits per heavy atom. The lowest BCUT2D eigenvalue weighted by molar-refractivity contribution is 0.235. The SMILES string of the molecule is CN=C(NCc1ccc(Cl)nc1)NCC1Cc2ccccc2O1.I. The van der Waals surface area contributed by atoms with Crippen molar-refractivity contribution in [3.05, 3.63) is 58.9 Å². The number of ether oxygens (including phenoxy) is 1. The minimum absolute atomic E-state index is 0. The van der Waals surface area contributed by atoms with Gasteiger partial charge in [-0.25, -0.2) is 4.98 Å².